The van der Waals surface area contributed by atoms with Crippen LogP contribution in [0.4, 0.5) is 0 Å². The molecule has 0 amide bonds. The highest BCUT2D eigenvalue weighted by atomic mass is 32.2. The molecule has 0 spiro atoms. The van der Waals surface area contributed by atoms with Gasteiger partial charge >= 0.3 is 5.97 Å². The zero-order valence-electron chi connectivity index (χ0n) is 19.5. The van der Waals surface area contributed by atoms with E-state index in [1.807, 2.05) is 12.1 Å². The van der Waals surface area contributed by atoms with Crippen molar-refractivity contribution in [3.05, 3.63) is 76.2 Å². The highest BCUT2D eigenvalue weighted by Crippen LogP contribution is 2.24. The predicted molar refractivity (Wildman–Crippen MR) is 132 cm³/mol. The van der Waals surface area contributed by atoms with Gasteiger partial charge in [0.1, 0.15) is 0 Å². The SMILES string of the molecule is CCN(CC)S(=O)(=O)c1ccc2[nH]c(=O)cc(C(=O)OC(C)C(=O)c3c[nH]c4ccccc34)c2c1. The van der Waals surface area contributed by atoms with Gasteiger partial charge in [-0.1, -0.05) is 32.0 Å². The molecule has 9 nitrogen and oxygen atoms in total. The Kier molecular flexibility index (Phi) is 6.60. The number of benzene rings is 2. The normalized spacial score (nSPS) is 12.8. The number of aromatic amines is 2. The van der Waals surface area contributed by atoms with E-state index >= 15 is 0 Å². The molecular weight excluding hydrogens is 470 g/mol. The Balaban J connectivity index is 1.69. The zero-order chi connectivity index (χ0) is 25.3. The number of sulfonamides is 1. The first-order valence-electron chi connectivity index (χ1n) is 11.2. The number of carbonyl (C=O) groups excluding carboxylic acids is 2. The van der Waals surface area contributed by atoms with Crippen LogP contribution < -0.4 is 5.56 Å². The summed E-state index contributed by atoms with van der Waals surface area (Å²) in [6.07, 6.45) is 0.420. The first-order chi connectivity index (χ1) is 16.7. The Morgan fingerprint density at radius 3 is 2.40 bits per heavy atom. The fourth-order valence-electron chi connectivity index (χ4n) is 4.05. The van der Waals surface area contributed by atoms with Gasteiger partial charge in [0, 0.05) is 52.7 Å². The molecule has 0 saturated carbocycles. The molecule has 0 bridgehead atoms. The molecule has 2 aromatic carbocycles. The topological polar surface area (TPSA) is 129 Å². The molecule has 182 valence electrons. The van der Waals surface area contributed by atoms with Crippen LogP contribution in [0.3, 0.4) is 0 Å². The van der Waals surface area contributed by atoms with Crippen LogP contribution in [0.2, 0.25) is 0 Å². The Labute approximate surface area is 201 Å². The van der Waals surface area contributed by atoms with Crippen LogP contribution in [0.5, 0.6) is 0 Å². The second kappa shape index (κ2) is 9.47. The lowest BCUT2D eigenvalue weighted by molar-refractivity contribution is 0.0321. The number of nitrogens with one attached hydrogen (secondary N) is 2. The smallest absolute Gasteiger partial charge is 0.339 e. The average Bonchev–Trinajstić information content (AvgIpc) is 3.27. The number of esters is 1. The Hall–Kier alpha value is -3.76. The second-order valence-corrected chi connectivity index (χ2v) is 9.94. The first kappa shape index (κ1) is 24.4. The van der Waals surface area contributed by atoms with Gasteiger partial charge in [-0.15, -0.1) is 0 Å². The minimum Gasteiger partial charge on any atom is -0.451 e. The average molecular weight is 496 g/mol. The maximum Gasteiger partial charge on any atom is 0.339 e. The van der Waals surface area contributed by atoms with Crippen molar-refractivity contribution >= 4 is 43.6 Å². The molecule has 10 heteroatoms. The van der Waals surface area contributed by atoms with E-state index in [1.165, 1.54) is 29.4 Å². The number of ether oxygens (including phenoxy) is 1. The molecule has 0 fully saturated rings. The zero-order valence-corrected chi connectivity index (χ0v) is 20.3. The number of H-pyrrole nitrogens is 2. The summed E-state index contributed by atoms with van der Waals surface area (Å²) in [6, 6.07) is 12.4. The maximum absolute atomic E-state index is 13.1. The Bertz CT molecular complexity index is 1600. The van der Waals surface area contributed by atoms with Gasteiger partial charge in [-0.05, 0) is 31.2 Å². The Morgan fingerprint density at radius 1 is 0.971 bits per heavy atom. The van der Waals surface area contributed by atoms with Gasteiger partial charge in [-0.3, -0.25) is 9.59 Å². The summed E-state index contributed by atoms with van der Waals surface area (Å²) in [5.74, 6) is -1.31. The van der Waals surface area contributed by atoms with E-state index in [-0.39, 0.29) is 34.5 Å². The molecule has 0 aliphatic heterocycles. The van der Waals surface area contributed by atoms with Crippen LogP contribution in [-0.4, -0.2) is 53.6 Å². The van der Waals surface area contributed by atoms with Crippen LogP contribution in [0, 0.1) is 0 Å². The molecule has 0 saturated heterocycles. The van der Waals surface area contributed by atoms with Crippen molar-refractivity contribution in [3.63, 3.8) is 0 Å². The number of aromatic nitrogens is 2. The number of para-hydroxylation sites is 1. The number of Topliss-reactive ketones (excluding diaryl/α,β-unsaturated/α-hetero) is 1. The van der Waals surface area contributed by atoms with Crippen LogP contribution >= 0.6 is 0 Å². The van der Waals surface area contributed by atoms with E-state index in [9.17, 15) is 22.8 Å². The maximum atomic E-state index is 13.1. The number of rotatable bonds is 8. The van der Waals surface area contributed by atoms with Gasteiger partial charge in [0.15, 0.2) is 6.10 Å². The molecule has 0 aliphatic rings. The highest BCUT2D eigenvalue weighted by molar-refractivity contribution is 7.89. The van der Waals surface area contributed by atoms with Crippen molar-refractivity contribution in [2.24, 2.45) is 0 Å². The molecule has 0 aliphatic carbocycles. The van der Waals surface area contributed by atoms with Crippen LogP contribution in [-0.2, 0) is 14.8 Å². The van der Waals surface area contributed by atoms with Crippen LogP contribution in [0.1, 0.15) is 41.5 Å². The lowest BCUT2D eigenvalue weighted by Gasteiger charge is -2.19. The number of ketones is 1. The molecular formula is C25H25N3O6S. The lowest BCUT2D eigenvalue weighted by Crippen LogP contribution is -2.30. The lowest BCUT2D eigenvalue weighted by atomic mass is 10.1. The standard InChI is InChI=1S/C25H25N3O6S/c1-4-28(5-2)35(32,33)16-10-11-22-18(12-16)19(13-23(29)27-22)25(31)34-15(3)24(30)20-14-26-21-9-7-6-8-17(20)21/h6-15,26H,4-5H2,1-3H3,(H,27,29). The molecule has 0 radical (unpaired) electrons. The number of nitrogens with zero attached hydrogens (tertiary/aromatic N) is 1. The van der Waals surface area contributed by atoms with Gasteiger partial charge in [-0.2, -0.15) is 4.31 Å². The number of fused-ring (bicyclic) bond motifs is 2. The first-order valence-corrected chi connectivity index (χ1v) is 12.6. The fraction of sp³-hybridized carbons (Fsp3) is 0.240. The molecule has 35 heavy (non-hydrogen) atoms. The van der Waals surface area contributed by atoms with E-state index in [1.54, 1.807) is 32.2 Å². The summed E-state index contributed by atoms with van der Waals surface area (Å²) in [6.45, 7) is 5.48. The largest absolute Gasteiger partial charge is 0.451 e. The number of hydrogen-bond donors (Lipinski definition) is 2. The van der Waals surface area contributed by atoms with Crippen molar-refractivity contribution in [1.29, 1.82) is 0 Å². The summed E-state index contributed by atoms with van der Waals surface area (Å²) in [5.41, 5.74) is 0.748. The minimum atomic E-state index is -3.80. The van der Waals surface area contributed by atoms with Gasteiger partial charge in [0.2, 0.25) is 21.4 Å². The molecule has 1 unspecified atom stereocenters. The monoisotopic (exact) mass is 495 g/mol. The van der Waals surface area contributed by atoms with Crippen molar-refractivity contribution in [1.82, 2.24) is 14.3 Å². The summed E-state index contributed by atoms with van der Waals surface area (Å²) >= 11 is 0. The van der Waals surface area contributed by atoms with E-state index < -0.39 is 33.4 Å². The third-order valence-corrected chi connectivity index (χ3v) is 7.93. The third-order valence-electron chi connectivity index (χ3n) is 5.89. The number of carbonyl (C=O) groups is 2. The molecule has 4 aromatic rings. The van der Waals surface area contributed by atoms with Gasteiger partial charge in [-0.25, -0.2) is 13.2 Å². The van der Waals surface area contributed by atoms with E-state index in [4.69, 9.17) is 4.74 Å². The predicted octanol–water partition coefficient (Wildman–Crippen LogP) is 3.47. The van der Waals surface area contributed by atoms with E-state index in [0.717, 1.165) is 11.6 Å². The van der Waals surface area contributed by atoms with E-state index in [2.05, 4.69) is 9.97 Å². The summed E-state index contributed by atoms with van der Waals surface area (Å²) in [4.78, 5) is 43.8. The Morgan fingerprint density at radius 2 is 1.69 bits per heavy atom. The molecule has 2 N–H and O–H groups in total. The van der Waals surface area contributed by atoms with Crippen molar-refractivity contribution < 1.29 is 22.7 Å². The van der Waals surface area contributed by atoms with Gasteiger partial charge in [0.25, 0.3) is 0 Å². The van der Waals surface area contributed by atoms with Crippen LogP contribution in [0.25, 0.3) is 21.8 Å². The molecule has 2 aromatic heterocycles. The summed E-state index contributed by atoms with van der Waals surface area (Å²) in [5, 5.41) is 0.905. The quantitative estimate of drug-likeness (QED) is 0.284. The highest BCUT2D eigenvalue weighted by Gasteiger charge is 2.26. The van der Waals surface area contributed by atoms with Crippen molar-refractivity contribution in [3.8, 4) is 0 Å². The molecule has 1 atom stereocenters. The molecule has 4 rings (SSSR count). The number of hydrogen-bond acceptors (Lipinski definition) is 6. The van der Waals surface area contributed by atoms with Gasteiger partial charge < -0.3 is 14.7 Å². The third kappa shape index (κ3) is 4.50. The summed E-state index contributed by atoms with van der Waals surface area (Å²) < 4.78 is 32.7. The van der Waals surface area contributed by atoms with Crippen molar-refractivity contribution in [2.75, 3.05) is 13.1 Å². The molecule has 2 heterocycles. The second-order valence-electron chi connectivity index (χ2n) is 8.00. The summed E-state index contributed by atoms with van der Waals surface area (Å²) in [7, 11) is -3.80. The van der Waals surface area contributed by atoms with E-state index in [0.29, 0.717) is 10.9 Å². The fourth-order valence-corrected chi connectivity index (χ4v) is 5.53. The minimum absolute atomic E-state index is 0.0160. The number of pyridine rings is 1. The van der Waals surface area contributed by atoms with Crippen molar-refractivity contribution in [2.45, 2.75) is 31.8 Å². The van der Waals surface area contributed by atoms with Gasteiger partial charge in [0.05, 0.1) is 10.5 Å². The van der Waals surface area contributed by atoms with Crippen LogP contribution in [0.15, 0.2) is 64.4 Å².